The Kier molecular flexibility index (Phi) is 7.48. The van der Waals surface area contributed by atoms with Gasteiger partial charge in [-0.1, -0.05) is 31.2 Å². The van der Waals surface area contributed by atoms with E-state index in [1.165, 1.54) is 7.11 Å². The summed E-state index contributed by atoms with van der Waals surface area (Å²) in [5.74, 6) is -0.190. The van der Waals surface area contributed by atoms with Crippen molar-refractivity contribution in [1.82, 2.24) is 10.6 Å². The Morgan fingerprint density at radius 1 is 1.10 bits per heavy atom. The van der Waals surface area contributed by atoms with E-state index in [0.29, 0.717) is 24.4 Å². The maximum atomic E-state index is 12.6. The van der Waals surface area contributed by atoms with Crippen molar-refractivity contribution in [2.24, 2.45) is 0 Å². The zero-order valence-corrected chi connectivity index (χ0v) is 17.7. The first kappa shape index (κ1) is 22.1. The first-order chi connectivity index (χ1) is 15.0. The Balaban J connectivity index is 1.61. The second-order valence-corrected chi connectivity index (χ2v) is 7.21. The number of para-hydroxylation sites is 2. The highest BCUT2D eigenvalue weighted by Crippen LogP contribution is 2.32. The van der Waals surface area contributed by atoms with Crippen LogP contribution in [-0.4, -0.2) is 50.6 Å². The number of carbonyl (C=O) groups excluding carboxylic acids is 3. The summed E-state index contributed by atoms with van der Waals surface area (Å²) in [5.41, 5.74) is 2.09. The van der Waals surface area contributed by atoms with Crippen LogP contribution in [0.2, 0.25) is 0 Å². The molecule has 0 saturated carbocycles. The monoisotopic (exact) mass is 425 g/mol. The lowest BCUT2D eigenvalue weighted by molar-refractivity contribution is -0.128. The van der Waals surface area contributed by atoms with E-state index in [0.717, 1.165) is 17.7 Å². The van der Waals surface area contributed by atoms with E-state index in [1.807, 2.05) is 30.0 Å². The van der Waals surface area contributed by atoms with E-state index in [2.05, 4.69) is 15.4 Å². The molecule has 0 aliphatic carbocycles. The standard InChI is InChI=1S/C23H27N3O5/c1-3-12-24-22(28)20-14-26(18-6-4-5-7-19(18)31-20)15-21(27)25-13-16-8-10-17(11-9-16)23(29)30-2/h4-11,20H,3,12-15H2,1-2H3,(H,24,28)(H,25,27)/t20-/m1/s1. The summed E-state index contributed by atoms with van der Waals surface area (Å²) in [7, 11) is 1.33. The first-order valence-electron chi connectivity index (χ1n) is 10.2. The number of nitrogens with one attached hydrogen (secondary N) is 2. The average Bonchev–Trinajstić information content (AvgIpc) is 2.80. The van der Waals surface area contributed by atoms with Crippen LogP contribution in [0.1, 0.15) is 29.3 Å². The number of carbonyl (C=O) groups is 3. The number of ether oxygens (including phenoxy) is 2. The highest BCUT2D eigenvalue weighted by atomic mass is 16.5. The lowest BCUT2D eigenvalue weighted by Gasteiger charge is -2.35. The van der Waals surface area contributed by atoms with Gasteiger partial charge in [-0.2, -0.15) is 0 Å². The Bertz CT molecular complexity index is 929. The van der Waals surface area contributed by atoms with Crippen molar-refractivity contribution in [2.75, 3.05) is 31.6 Å². The van der Waals surface area contributed by atoms with Crippen molar-refractivity contribution < 1.29 is 23.9 Å². The molecule has 0 unspecified atom stereocenters. The molecule has 0 radical (unpaired) electrons. The van der Waals surface area contributed by atoms with Gasteiger partial charge in [0, 0.05) is 13.1 Å². The molecule has 2 aromatic carbocycles. The second-order valence-electron chi connectivity index (χ2n) is 7.21. The molecule has 0 saturated heterocycles. The van der Waals surface area contributed by atoms with E-state index in [4.69, 9.17) is 4.74 Å². The van der Waals surface area contributed by atoms with Gasteiger partial charge in [0.1, 0.15) is 5.75 Å². The molecule has 1 aliphatic rings. The van der Waals surface area contributed by atoms with Crippen LogP contribution in [0.5, 0.6) is 5.75 Å². The first-order valence-corrected chi connectivity index (χ1v) is 10.2. The molecule has 2 amide bonds. The Morgan fingerprint density at radius 3 is 2.55 bits per heavy atom. The van der Waals surface area contributed by atoms with Gasteiger partial charge < -0.3 is 25.0 Å². The molecule has 2 N–H and O–H groups in total. The van der Waals surface area contributed by atoms with Gasteiger partial charge in [-0.25, -0.2) is 4.79 Å². The quantitative estimate of drug-likeness (QED) is 0.627. The van der Waals surface area contributed by atoms with Crippen LogP contribution in [0.3, 0.4) is 0 Å². The lowest BCUT2D eigenvalue weighted by atomic mass is 10.1. The topological polar surface area (TPSA) is 97.0 Å². The molecule has 31 heavy (non-hydrogen) atoms. The zero-order chi connectivity index (χ0) is 22.2. The summed E-state index contributed by atoms with van der Waals surface area (Å²) >= 11 is 0. The molecule has 1 atom stereocenters. The molecule has 3 rings (SSSR count). The van der Waals surface area contributed by atoms with E-state index < -0.39 is 12.1 Å². The molecule has 164 valence electrons. The molecule has 0 aromatic heterocycles. The molecule has 8 nitrogen and oxygen atoms in total. The molecule has 0 fully saturated rings. The Morgan fingerprint density at radius 2 is 1.84 bits per heavy atom. The molecule has 8 heteroatoms. The number of amides is 2. The third kappa shape index (κ3) is 5.75. The van der Waals surface area contributed by atoms with Crippen LogP contribution in [-0.2, 0) is 20.9 Å². The normalized spacial score (nSPS) is 14.8. The van der Waals surface area contributed by atoms with E-state index in [-0.39, 0.29) is 24.9 Å². The fraction of sp³-hybridized carbons (Fsp3) is 0.348. The van der Waals surface area contributed by atoms with Gasteiger partial charge in [0.25, 0.3) is 5.91 Å². The number of anilines is 1. The van der Waals surface area contributed by atoms with Crippen LogP contribution < -0.4 is 20.3 Å². The maximum Gasteiger partial charge on any atom is 0.337 e. The number of hydrogen-bond donors (Lipinski definition) is 2. The highest BCUT2D eigenvalue weighted by molar-refractivity contribution is 5.89. The van der Waals surface area contributed by atoms with Crippen LogP contribution in [0.15, 0.2) is 48.5 Å². The van der Waals surface area contributed by atoms with Gasteiger partial charge in [0.2, 0.25) is 5.91 Å². The summed E-state index contributed by atoms with van der Waals surface area (Å²) in [6.07, 6.45) is 0.155. The van der Waals surface area contributed by atoms with Crippen molar-refractivity contribution in [2.45, 2.75) is 26.0 Å². The second kappa shape index (κ2) is 10.5. The molecule has 2 aromatic rings. The van der Waals surface area contributed by atoms with Crippen molar-refractivity contribution in [3.05, 3.63) is 59.7 Å². The maximum absolute atomic E-state index is 12.6. The zero-order valence-electron chi connectivity index (χ0n) is 17.7. The predicted molar refractivity (Wildman–Crippen MR) is 116 cm³/mol. The minimum Gasteiger partial charge on any atom is -0.477 e. The Labute approximate surface area is 181 Å². The van der Waals surface area contributed by atoms with Crippen molar-refractivity contribution >= 4 is 23.5 Å². The number of fused-ring (bicyclic) bond motifs is 1. The number of rotatable bonds is 8. The van der Waals surface area contributed by atoms with E-state index in [9.17, 15) is 14.4 Å². The fourth-order valence-electron chi connectivity index (χ4n) is 3.26. The minimum atomic E-state index is -0.680. The van der Waals surface area contributed by atoms with Crippen LogP contribution in [0.4, 0.5) is 5.69 Å². The van der Waals surface area contributed by atoms with Crippen molar-refractivity contribution in [3.8, 4) is 5.75 Å². The van der Waals surface area contributed by atoms with Gasteiger partial charge >= 0.3 is 5.97 Å². The number of benzene rings is 2. The number of methoxy groups -OCH3 is 1. The Hall–Kier alpha value is -3.55. The summed E-state index contributed by atoms with van der Waals surface area (Å²) in [4.78, 5) is 38.4. The number of nitrogens with zero attached hydrogens (tertiary/aromatic N) is 1. The van der Waals surface area contributed by atoms with Crippen LogP contribution >= 0.6 is 0 Å². The SMILES string of the molecule is CCCNC(=O)[C@H]1CN(CC(=O)NCc2ccc(C(=O)OC)cc2)c2ccccc2O1. The number of esters is 1. The molecular formula is C23H27N3O5. The van der Waals surface area contributed by atoms with Crippen LogP contribution in [0, 0.1) is 0 Å². The number of hydrogen-bond acceptors (Lipinski definition) is 6. The van der Waals surface area contributed by atoms with Gasteiger partial charge in [-0.15, -0.1) is 0 Å². The van der Waals surface area contributed by atoms with Gasteiger partial charge in [-0.05, 0) is 36.2 Å². The summed E-state index contributed by atoms with van der Waals surface area (Å²) in [5, 5.41) is 5.73. The highest BCUT2D eigenvalue weighted by Gasteiger charge is 2.31. The van der Waals surface area contributed by atoms with E-state index in [1.54, 1.807) is 30.3 Å². The third-order valence-electron chi connectivity index (χ3n) is 4.90. The summed E-state index contributed by atoms with van der Waals surface area (Å²) in [6, 6.07) is 14.2. The van der Waals surface area contributed by atoms with Gasteiger partial charge in [0.05, 0.1) is 31.5 Å². The average molecular weight is 425 g/mol. The van der Waals surface area contributed by atoms with Crippen molar-refractivity contribution in [3.63, 3.8) is 0 Å². The largest absolute Gasteiger partial charge is 0.477 e. The fourth-order valence-corrected chi connectivity index (χ4v) is 3.26. The van der Waals surface area contributed by atoms with Gasteiger partial charge in [-0.3, -0.25) is 9.59 Å². The van der Waals surface area contributed by atoms with Gasteiger partial charge in [0.15, 0.2) is 6.10 Å². The molecule has 0 spiro atoms. The smallest absolute Gasteiger partial charge is 0.337 e. The molecule has 1 heterocycles. The molecular weight excluding hydrogens is 398 g/mol. The summed E-state index contributed by atoms with van der Waals surface area (Å²) < 4.78 is 10.5. The predicted octanol–water partition coefficient (Wildman–Crippen LogP) is 1.88. The van der Waals surface area contributed by atoms with E-state index >= 15 is 0 Å². The molecule has 1 aliphatic heterocycles. The summed E-state index contributed by atoms with van der Waals surface area (Å²) in [6.45, 7) is 3.27. The van der Waals surface area contributed by atoms with Crippen LogP contribution in [0.25, 0.3) is 0 Å². The minimum absolute atomic E-state index is 0.0954. The third-order valence-corrected chi connectivity index (χ3v) is 4.90. The lowest BCUT2D eigenvalue weighted by Crippen LogP contribution is -2.51. The van der Waals surface area contributed by atoms with Crippen molar-refractivity contribution in [1.29, 1.82) is 0 Å². The molecule has 0 bridgehead atoms.